The van der Waals surface area contributed by atoms with Crippen LogP contribution < -0.4 is 16.0 Å². The van der Waals surface area contributed by atoms with Crippen molar-refractivity contribution in [3.05, 3.63) is 100 Å². The summed E-state index contributed by atoms with van der Waals surface area (Å²) in [6.45, 7) is 7.67. The molecule has 2 unspecified atom stereocenters. The van der Waals surface area contributed by atoms with Crippen LogP contribution in [0.2, 0.25) is 5.02 Å². The van der Waals surface area contributed by atoms with E-state index in [-0.39, 0.29) is 22.4 Å². The Balaban J connectivity index is 1.66. The molecule has 0 bridgehead atoms. The Bertz CT molecular complexity index is 2050. The lowest BCUT2D eigenvalue weighted by Gasteiger charge is -2.48. The third-order valence-corrected chi connectivity index (χ3v) is 8.68. The summed E-state index contributed by atoms with van der Waals surface area (Å²) in [5, 5.41) is 18.5. The number of nitrogens with zero attached hydrogens (tertiary/aromatic N) is 3. The first-order valence-electron chi connectivity index (χ1n) is 15.1. The first-order valence-corrected chi connectivity index (χ1v) is 15.5. The van der Waals surface area contributed by atoms with Crippen LogP contribution in [-0.2, 0) is 12.4 Å². The minimum atomic E-state index is -4.61. The van der Waals surface area contributed by atoms with Crippen molar-refractivity contribution in [2.45, 2.75) is 69.7 Å². The molecule has 2 aliphatic heterocycles. The Hall–Kier alpha value is -4.13. The molecule has 252 valence electrons. The molecule has 0 saturated carbocycles. The zero-order valence-corrected chi connectivity index (χ0v) is 27.1. The van der Waals surface area contributed by atoms with Crippen molar-refractivity contribution in [2.75, 3.05) is 5.32 Å². The van der Waals surface area contributed by atoms with E-state index in [1.807, 2.05) is 27.7 Å². The second-order valence-electron chi connectivity index (χ2n) is 13.3. The lowest BCUT2D eigenvalue weighted by atomic mass is 9.77. The van der Waals surface area contributed by atoms with Crippen LogP contribution in [0.3, 0.4) is 0 Å². The van der Waals surface area contributed by atoms with Crippen molar-refractivity contribution in [1.29, 1.82) is 0 Å². The minimum Gasteiger partial charge on any atom is -0.389 e. The molecule has 0 radical (unpaired) electrons. The van der Waals surface area contributed by atoms with E-state index in [2.05, 4.69) is 10.6 Å². The molecule has 48 heavy (non-hydrogen) atoms. The van der Waals surface area contributed by atoms with Gasteiger partial charge in [-0.3, -0.25) is 4.99 Å². The second-order valence-corrected chi connectivity index (χ2v) is 13.7. The van der Waals surface area contributed by atoms with E-state index in [9.17, 15) is 31.4 Å². The van der Waals surface area contributed by atoms with E-state index in [1.54, 1.807) is 34.9 Å². The summed E-state index contributed by atoms with van der Waals surface area (Å²) in [5.41, 5.74) is -0.762. The minimum absolute atomic E-state index is 0.127. The van der Waals surface area contributed by atoms with Crippen molar-refractivity contribution in [1.82, 2.24) is 14.9 Å². The molecule has 0 aromatic heterocycles. The molecule has 13 heteroatoms. The molecule has 1 aliphatic carbocycles. The molecule has 2 heterocycles. The van der Waals surface area contributed by atoms with Gasteiger partial charge in [-0.1, -0.05) is 23.7 Å². The van der Waals surface area contributed by atoms with Crippen LogP contribution in [-0.4, -0.2) is 37.9 Å². The largest absolute Gasteiger partial charge is 0.416 e. The van der Waals surface area contributed by atoms with Crippen LogP contribution in [0.5, 0.6) is 0 Å². The fraction of sp³-hybridized carbons (Fsp3) is 0.314. The van der Waals surface area contributed by atoms with Crippen LogP contribution in [0.4, 0.5) is 37.7 Å². The number of aliphatic hydroxyl groups is 1. The van der Waals surface area contributed by atoms with Crippen LogP contribution in [0, 0.1) is 0 Å². The summed E-state index contributed by atoms with van der Waals surface area (Å²) in [7, 11) is 0. The highest BCUT2D eigenvalue weighted by atomic mass is 35.5. The standard InChI is InChI=1S/C35H32ClF6N5O/c1-32(2)18-28(31(48)33(3,4)46-32)44-25-17-30-27(16-24(25)43-22-9-5-7-19(13-22)34(37,38)39)45-26-15-21(36)11-12-29(26)47(30)23-10-6-8-20(14-23)35(40,41)42/h5-17,28,31,43,46,48H,18H2,1-4H3. The predicted octanol–water partition coefficient (Wildman–Crippen LogP) is 8.75. The lowest BCUT2D eigenvalue weighted by molar-refractivity contribution is -0.138. The molecule has 3 aromatic carbocycles. The Kier molecular flexibility index (Phi) is 8.29. The van der Waals surface area contributed by atoms with E-state index in [4.69, 9.17) is 21.6 Å². The Labute approximate surface area is 277 Å². The number of piperidine rings is 1. The van der Waals surface area contributed by atoms with E-state index in [0.717, 1.165) is 24.3 Å². The zero-order valence-electron chi connectivity index (χ0n) is 26.3. The van der Waals surface area contributed by atoms with Gasteiger partial charge in [-0.2, -0.15) is 26.3 Å². The number of hydrogen-bond donors (Lipinski definition) is 3. The summed E-state index contributed by atoms with van der Waals surface area (Å²) >= 11 is 6.29. The number of benzene rings is 4. The first-order chi connectivity index (χ1) is 22.3. The third kappa shape index (κ3) is 6.74. The number of aromatic nitrogens is 2. The predicted molar refractivity (Wildman–Crippen MR) is 174 cm³/mol. The number of alkyl halides is 6. The molecular weight excluding hydrogens is 656 g/mol. The summed E-state index contributed by atoms with van der Waals surface area (Å²) < 4.78 is 84.0. The number of aliphatic hydroxyl groups excluding tert-OH is 1. The molecular formula is C35H32ClF6N5O. The van der Waals surface area contributed by atoms with E-state index < -0.39 is 46.7 Å². The molecule has 3 aromatic rings. The number of fused-ring (bicyclic) bond motifs is 2. The quantitative estimate of drug-likeness (QED) is 0.131. The fourth-order valence-electron chi connectivity index (χ4n) is 6.51. The highest BCUT2D eigenvalue weighted by molar-refractivity contribution is 6.31. The van der Waals surface area contributed by atoms with Gasteiger partial charge in [0, 0.05) is 27.5 Å². The zero-order chi connectivity index (χ0) is 34.8. The monoisotopic (exact) mass is 687 g/mol. The average molecular weight is 688 g/mol. The van der Waals surface area contributed by atoms with Gasteiger partial charge in [0.15, 0.2) is 0 Å². The summed E-state index contributed by atoms with van der Waals surface area (Å²) in [5.74, 6) is 0. The number of nitrogens with one attached hydrogen (secondary N) is 2. The van der Waals surface area contributed by atoms with Gasteiger partial charge < -0.3 is 20.3 Å². The second kappa shape index (κ2) is 11.8. The molecule has 0 amide bonds. The third-order valence-electron chi connectivity index (χ3n) is 8.44. The summed E-state index contributed by atoms with van der Waals surface area (Å²) in [4.78, 5) is 9.73. The van der Waals surface area contributed by atoms with Gasteiger partial charge in [0.1, 0.15) is 0 Å². The van der Waals surface area contributed by atoms with Gasteiger partial charge >= 0.3 is 12.4 Å². The highest BCUT2D eigenvalue weighted by Gasteiger charge is 2.45. The van der Waals surface area contributed by atoms with Crippen molar-refractivity contribution >= 4 is 34.0 Å². The van der Waals surface area contributed by atoms with Gasteiger partial charge in [0.2, 0.25) is 0 Å². The van der Waals surface area contributed by atoms with Crippen LogP contribution >= 0.6 is 11.6 Å². The van der Waals surface area contributed by atoms with Crippen molar-refractivity contribution < 1.29 is 31.4 Å². The molecule has 3 N–H and O–H groups in total. The number of halogens is 7. The van der Waals surface area contributed by atoms with E-state index in [0.29, 0.717) is 33.9 Å². The number of hydrogen-bond acceptors (Lipinski definition) is 5. The van der Waals surface area contributed by atoms with Gasteiger partial charge in [-0.05, 0) is 101 Å². The van der Waals surface area contributed by atoms with Gasteiger partial charge in [-0.15, -0.1) is 0 Å². The van der Waals surface area contributed by atoms with Gasteiger partial charge in [0.05, 0.1) is 56.7 Å². The van der Waals surface area contributed by atoms with Crippen molar-refractivity contribution in [3.63, 3.8) is 0 Å². The van der Waals surface area contributed by atoms with E-state index >= 15 is 0 Å². The van der Waals surface area contributed by atoms with E-state index in [1.165, 1.54) is 24.3 Å². The number of anilines is 2. The maximum atomic E-state index is 13.9. The molecule has 2 atom stereocenters. The average Bonchev–Trinajstić information content (AvgIpc) is 2.97. The smallest absolute Gasteiger partial charge is 0.389 e. The number of rotatable bonds is 4. The Morgan fingerprint density at radius 2 is 1.56 bits per heavy atom. The summed E-state index contributed by atoms with van der Waals surface area (Å²) in [6.07, 6.45) is -9.72. The maximum absolute atomic E-state index is 13.9. The van der Waals surface area contributed by atoms with Crippen LogP contribution in [0.25, 0.3) is 28.1 Å². The normalized spacial score (nSPS) is 20.0. The molecule has 3 aliphatic rings. The first kappa shape index (κ1) is 33.8. The lowest BCUT2D eigenvalue weighted by Crippen LogP contribution is -2.67. The van der Waals surface area contributed by atoms with Gasteiger partial charge in [-0.25, -0.2) is 4.98 Å². The van der Waals surface area contributed by atoms with Crippen molar-refractivity contribution in [2.24, 2.45) is 4.99 Å². The molecule has 0 spiro atoms. The Morgan fingerprint density at radius 3 is 2.25 bits per heavy atom. The maximum Gasteiger partial charge on any atom is 0.416 e. The molecule has 6 rings (SSSR count). The SMILES string of the molecule is CC1(C)CC(N=c2cc3n(-c4cccc(C(F)(F)F)c4)c4ccc(Cl)cc4nc-3cc2Nc2cccc(C(F)(F)F)c2)C(O)C(C)(C)N1. The topological polar surface area (TPSA) is 74.5 Å². The molecule has 6 nitrogen and oxygen atoms in total. The van der Waals surface area contributed by atoms with Gasteiger partial charge in [0.25, 0.3) is 0 Å². The fourth-order valence-corrected chi connectivity index (χ4v) is 6.68. The van der Waals surface area contributed by atoms with Crippen molar-refractivity contribution in [3.8, 4) is 17.1 Å². The van der Waals surface area contributed by atoms with Crippen LogP contribution in [0.15, 0.2) is 83.9 Å². The molecule has 1 saturated heterocycles. The van der Waals surface area contributed by atoms with Crippen LogP contribution in [0.1, 0.15) is 45.2 Å². The summed E-state index contributed by atoms with van der Waals surface area (Å²) in [6, 6.07) is 16.9. The highest BCUT2D eigenvalue weighted by Crippen LogP contribution is 2.37. The molecule has 1 fully saturated rings. The Morgan fingerprint density at radius 1 is 0.896 bits per heavy atom.